The van der Waals surface area contributed by atoms with Gasteiger partial charge in [-0.2, -0.15) is 5.06 Å². The van der Waals surface area contributed by atoms with Crippen LogP contribution in [0.3, 0.4) is 0 Å². The molecule has 1 N–H and O–H groups in total. The molecule has 2 aliphatic rings. The third kappa shape index (κ3) is 2.15. The maximum Gasteiger partial charge on any atom is 0.118 e. The largest absolute Gasteiger partial charge is 0.508 e. The van der Waals surface area contributed by atoms with Crippen LogP contribution in [0.2, 0.25) is 0 Å². The van der Waals surface area contributed by atoms with Crippen LogP contribution in [0.15, 0.2) is 24.3 Å². The number of hydrogen-bond acceptors (Lipinski definition) is 3. The molecule has 0 aromatic heterocycles. The average molecular weight is 261 g/mol. The number of phenols is 1. The summed E-state index contributed by atoms with van der Waals surface area (Å²) in [6.07, 6.45) is 4.77. The van der Waals surface area contributed by atoms with Crippen molar-refractivity contribution >= 4 is 0 Å². The van der Waals surface area contributed by atoms with Crippen LogP contribution in [0.25, 0.3) is 0 Å². The molecular formula is C16H23NO2. The van der Waals surface area contributed by atoms with Gasteiger partial charge in [0.05, 0.1) is 0 Å². The molecule has 19 heavy (non-hydrogen) atoms. The van der Waals surface area contributed by atoms with Gasteiger partial charge in [-0.1, -0.05) is 31.9 Å². The Hall–Kier alpha value is -1.06. The summed E-state index contributed by atoms with van der Waals surface area (Å²) in [5.41, 5.74) is 0.902. The number of benzene rings is 1. The first-order chi connectivity index (χ1) is 9.12. The normalized spacial score (nSPS) is 35.9. The monoisotopic (exact) mass is 261 g/mol. The van der Waals surface area contributed by atoms with Gasteiger partial charge in [-0.05, 0) is 42.4 Å². The minimum Gasteiger partial charge on any atom is -0.508 e. The van der Waals surface area contributed by atoms with Crippen LogP contribution in [0.4, 0.5) is 0 Å². The van der Waals surface area contributed by atoms with Crippen molar-refractivity contribution in [2.45, 2.75) is 38.2 Å². The quantitative estimate of drug-likeness (QED) is 0.842. The average Bonchev–Trinajstić information content (AvgIpc) is 2.38. The van der Waals surface area contributed by atoms with E-state index in [0.717, 1.165) is 18.5 Å². The molecule has 0 bridgehead atoms. The van der Waals surface area contributed by atoms with Gasteiger partial charge in [0.1, 0.15) is 11.4 Å². The zero-order chi connectivity index (χ0) is 13.5. The second-order valence-corrected chi connectivity index (χ2v) is 6.17. The first-order valence-corrected chi connectivity index (χ1v) is 7.31. The van der Waals surface area contributed by atoms with E-state index in [1.807, 2.05) is 24.2 Å². The van der Waals surface area contributed by atoms with Crippen molar-refractivity contribution in [3.05, 3.63) is 29.8 Å². The van der Waals surface area contributed by atoms with Crippen molar-refractivity contribution < 1.29 is 9.94 Å². The minimum absolute atomic E-state index is 0.233. The van der Waals surface area contributed by atoms with Gasteiger partial charge in [-0.25, -0.2) is 0 Å². The number of hydroxylamine groups is 2. The van der Waals surface area contributed by atoms with Gasteiger partial charge in [0.2, 0.25) is 0 Å². The maximum absolute atomic E-state index is 9.79. The fourth-order valence-corrected chi connectivity index (χ4v) is 4.06. The van der Waals surface area contributed by atoms with Gasteiger partial charge in [0.15, 0.2) is 0 Å². The molecule has 3 nitrogen and oxygen atoms in total. The summed E-state index contributed by atoms with van der Waals surface area (Å²) >= 11 is 0. The smallest absolute Gasteiger partial charge is 0.118 e. The zero-order valence-electron chi connectivity index (χ0n) is 11.8. The van der Waals surface area contributed by atoms with E-state index in [9.17, 15) is 5.11 Å². The molecule has 1 saturated carbocycles. The number of phenolic OH excluding ortho intramolecular Hbond substituents is 1. The first-order valence-electron chi connectivity index (χ1n) is 7.31. The highest BCUT2D eigenvalue weighted by atomic mass is 16.7. The number of aromatic hydroxyl groups is 1. The molecule has 3 atom stereocenters. The van der Waals surface area contributed by atoms with Crippen molar-refractivity contribution in [2.75, 3.05) is 13.6 Å². The van der Waals surface area contributed by atoms with E-state index < -0.39 is 0 Å². The summed E-state index contributed by atoms with van der Waals surface area (Å²) in [6, 6.07) is 7.63. The topological polar surface area (TPSA) is 32.7 Å². The zero-order valence-corrected chi connectivity index (χ0v) is 11.8. The number of fused-ring (bicyclic) bond motifs is 1. The highest BCUT2D eigenvalue weighted by Gasteiger charge is 2.50. The molecule has 104 valence electrons. The Balaban J connectivity index is 2.05. The highest BCUT2D eigenvalue weighted by molar-refractivity contribution is 5.33. The van der Waals surface area contributed by atoms with Crippen LogP contribution in [0.1, 0.15) is 38.2 Å². The third-order valence-corrected chi connectivity index (χ3v) is 4.80. The molecule has 1 aliphatic carbocycles. The van der Waals surface area contributed by atoms with E-state index in [0.29, 0.717) is 17.6 Å². The molecule has 3 heteroatoms. The Morgan fingerprint density at radius 1 is 1.37 bits per heavy atom. The highest BCUT2D eigenvalue weighted by Crippen LogP contribution is 2.51. The van der Waals surface area contributed by atoms with Crippen molar-refractivity contribution in [3.8, 4) is 5.75 Å². The molecule has 3 unspecified atom stereocenters. The molecule has 1 aliphatic heterocycles. The summed E-state index contributed by atoms with van der Waals surface area (Å²) in [5, 5.41) is 11.8. The van der Waals surface area contributed by atoms with Crippen molar-refractivity contribution in [2.24, 2.45) is 11.8 Å². The number of rotatable bonds is 1. The summed E-state index contributed by atoms with van der Waals surface area (Å²) in [6.45, 7) is 3.32. The van der Waals surface area contributed by atoms with E-state index in [1.165, 1.54) is 19.3 Å². The molecule has 1 aromatic carbocycles. The lowest BCUT2D eigenvalue weighted by Crippen LogP contribution is -2.53. The summed E-state index contributed by atoms with van der Waals surface area (Å²) in [7, 11) is 2.02. The lowest BCUT2D eigenvalue weighted by Gasteiger charge is -2.52. The predicted molar refractivity (Wildman–Crippen MR) is 74.6 cm³/mol. The molecule has 1 aromatic rings. The maximum atomic E-state index is 9.79. The SMILES string of the molecule is CC1CN(C)OC2(c3cccc(O)c3)CCCCC12. The molecule has 0 amide bonds. The van der Waals surface area contributed by atoms with Gasteiger partial charge >= 0.3 is 0 Å². The van der Waals surface area contributed by atoms with Crippen molar-refractivity contribution in [1.29, 1.82) is 0 Å². The Morgan fingerprint density at radius 2 is 2.21 bits per heavy atom. The van der Waals surface area contributed by atoms with E-state index >= 15 is 0 Å². The molecule has 1 heterocycles. The first kappa shape index (κ1) is 12.9. The Labute approximate surface area is 115 Å². The van der Waals surface area contributed by atoms with Gasteiger partial charge in [0, 0.05) is 13.6 Å². The summed E-state index contributed by atoms with van der Waals surface area (Å²) < 4.78 is 0. The van der Waals surface area contributed by atoms with Gasteiger partial charge in [-0.3, -0.25) is 4.84 Å². The number of nitrogens with zero attached hydrogens (tertiary/aromatic N) is 1. The van der Waals surface area contributed by atoms with E-state index in [2.05, 4.69) is 13.0 Å². The van der Waals surface area contributed by atoms with Crippen LogP contribution in [0, 0.1) is 11.8 Å². The predicted octanol–water partition coefficient (Wildman–Crippen LogP) is 3.29. The lowest BCUT2D eigenvalue weighted by molar-refractivity contribution is -0.312. The van der Waals surface area contributed by atoms with Crippen molar-refractivity contribution in [1.82, 2.24) is 5.06 Å². The van der Waals surface area contributed by atoms with E-state index in [-0.39, 0.29) is 5.60 Å². The third-order valence-electron chi connectivity index (χ3n) is 4.80. The Kier molecular flexibility index (Phi) is 3.27. The van der Waals surface area contributed by atoms with Gasteiger partial charge in [-0.15, -0.1) is 0 Å². The lowest BCUT2D eigenvalue weighted by atomic mass is 9.66. The van der Waals surface area contributed by atoms with Crippen LogP contribution in [-0.2, 0) is 10.4 Å². The minimum atomic E-state index is -0.233. The van der Waals surface area contributed by atoms with Gasteiger partial charge in [0.25, 0.3) is 0 Å². The standard InChI is InChI=1S/C16H23NO2/c1-12-11-17(2)19-16(9-4-3-8-15(12)16)13-6-5-7-14(18)10-13/h5-7,10,12,15,18H,3-4,8-9,11H2,1-2H3. The molecule has 3 rings (SSSR count). The van der Waals surface area contributed by atoms with Crippen LogP contribution >= 0.6 is 0 Å². The fraction of sp³-hybridized carbons (Fsp3) is 0.625. The second kappa shape index (κ2) is 4.80. The van der Waals surface area contributed by atoms with Crippen LogP contribution < -0.4 is 0 Å². The van der Waals surface area contributed by atoms with E-state index in [1.54, 1.807) is 6.07 Å². The summed E-state index contributed by atoms with van der Waals surface area (Å²) in [4.78, 5) is 6.31. The Morgan fingerprint density at radius 3 is 3.00 bits per heavy atom. The van der Waals surface area contributed by atoms with Gasteiger partial charge < -0.3 is 5.11 Å². The van der Waals surface area contributed by atoms with Crippen molar-refractivity contribution in [3.63, 3.8) is 0 Å². The fourth-order valence-electron chi connectivity index (χ4n) is 4.06. The van der Waals surface area contributed by atoms with E-state index in [4.69, 9.17) is 4.84 Å². The summed E-state index contributed by atoms with van der Waals surface area (Å²) in [5.74, 6) is 1.52. The van der Waals surface area contributed by atoms with Crippen LogP contribution in [-0.4, -0.2) is 23.8 Å². The molecule has 0 radical (unpaired) electrons. The number of hydrogen-bond donors (Lipinski definition) is 1. The molecule has 2 fully saturated rings. The molecular weight excluding hydrogens is 238 g/mol. The molecule has 0 spiro atoms. The second-order valence-electron chi connectivity index (χ2n) is 6.17. The molecule has 1 saturated heterocycles. The van der Waals surface area contributed by atoms with Crippen LogP contribution in [0.5, 0.6) is 5.75 Å². The Bertz CT molecular complexity index is 462.